The lowest BCUT2D eigenvalue weighted by Gasteiger charge is -2.13. The smallest absolute Gasteiger partial charge is 0.0641 e. The van der Waals surface area contributed by atoms with Crippen LogP contribution in [-0.2, 0) is 0 Å². The van der Waals surface area contributed by atoms with Crippen molar-refractivity contribution in [3.05, 3.63) is 206 Å². The summed E-state index contributed by atoms with van der Waals surface area (Å²) < 4.78 is 4.94. The summed E-state index contributed by atoms with van der Waals surface area (Å²) >= 11 is 0. The van der Waals surface area contributed by atoms with E-state index < -0.39 is 0 Å². The van der Waals surface area contributed by atoms with Crippen LogP contribution in [0.1, 0.15) is 0 Å². The Bertz CT molecular complexity index is 3490. The van der Waals surface area contributed by atoms with Crippen molar-refractivity contribution in [3.63, 3.8) is 0 Å². The maximum absolute atomic E-state index is 2.48. The van der Waals surface area contributed by atoms with Gasteiger partial charge in [0, 0.05) is 32.9 Å². The van der Waals surface area contributed by atoms with E-state index in [1.54, 1.807) is 0 Å². The summed E-state index contributed by atoms with van der Waals surface area (Å²) in [6, 6.07) is 75.7. The standard InChI is InChI=1S/C54H34N2/c1-2-14-35(15-3-1)36-16-12-19-40(32-36)56-50-26-10-8-24-46(50)47-30-31-52-53(54(47)56)48-25-9-11-27-51(48)55(52)39-18-13-17-37(33-39)38-28-29-45-43-22-5-4-20-41(43)42-21-6-7-23-44(42)49(45)34-38/h1-34H. The minimum absolute atomic E-state index is 1.14. The molecule has 0 aliphatic carbocycles. The molecule has 0 atom stereocenters. The first-order chi connectivity index (χ1) is 27.8. The average molecular weight is 711 g/mol. The van der Waals surface area contributed by atoms with E-state index in [9.17, 15) is 0 Å². The normalized spacial score (nSPS) is 11.9. The molecule has 2 heteroatoms. The molecule has 0 N–H and O–H groups in total. The zero-order valence-corrected chi connectivity index (χ0v) is 30.5. The Kier molecular flexibility index (Phi) is 6.66. The van der Waals surface area contributed by atoms with E-state index in [1.165, 1.54) is 98.2 Å². The first-order valence-corrected chi connectivity index (χ1v) is 19.4. The van der Waals surface area contributed by atoms with E-state index in [0.717, 1.165) is 11.4 Å². The molecular formula is C54H34N2. The quantitative estimate of drug-likeness (QED) is 0.161. The van der Waals surface area contributed by atoms with Crippen LogP contribution in [0.4, 0.5) is 0 Å². The SMILES string of the molecule is c1ccc(-c2cccc(-n3c4ccccc4c4ccc5c(c6ccccc6n5-c5cccc(-c6ccc7c8ccccc8c8ccccc8c7c6)c5)c43)c2)cc1. The maximum atomic E-state index is 2.48. The zero-order chi connectivity index (χ0) is 36.7. The molecule has 0 radical (unpaired) electrons. The highest BCUT2D eigenvalue weighted by Crippen LogP contribution is 2.43. The van der Waals surface area contributed by atoms with Crippen LogP contribution >= 0.6 is 0 Å². The van der Waals surface area contributed by atoms with Gasteiger partial charge in [-0.3, -0.25) is 0 Å². The summed E-state index contributed by atoms with van der Waals surface area (Å²) in [5.74, 6) is 0. The molecule has 0 amide bonds. The molecule has 0 spiro atoms. The van der Waals surface area contributed by atoms with Crippen molar-refractivity contribution >= 4 is 75.9 Å². The highest BCUT2D eigenvalue weighted by Gasteiger charge is 2.21. The molecule has 260 valence electrons. The molecule has 0 unspecified atom stereocenters. The highest BCUT2D eigenvalue weighted by molar-refractivity contribution is 6.27. The van der Waals surface area contributed by atoms with E-state index in [4.69, 9.17) is 0 Å². The lowest BCUT2D eigenvalue weighted by Crippen LogP contribution is -1.96. The van der Waals surface area contributed by atoms with Crippen LogP contribution in [0, 0.1) is 0 Å². The fourth-order valence-corrected chi connectivity index (χ4v) is 9.42. The Hall–Kier alpha value is -7.42. The Morgan fingerprint density at radius 3 is 1.38 bits per heavy atom. The molecular weight excluding hydrogens is 677 g/mol. The first kappa shape index (κ1) is 31.0. The lowest BCUT2D eigenvalue weighted by molar-refractivity contribution is 1.17. The van der Waals surface area contributed by atoms with Crippen molar-refractivity contribution in [1.29, 1.82) is 0 Å². The van der Waals surface area contributed by atoms with Crippen molar-refractivity contribution < 1.29 is 0 Å². The van der Waals surface area contributed by atoms with Gasteiger partial charge in [0.1, 0.15) is 0 Å². The van der Waals surface area contributed by atoms with Crippen LogP contribution < -0.4 is 0 Å². The van der Waals surface area contributed by atoms with E-state index in [0.29, 0.717) is 0 Å². The monoisotopic (exact) mass is 710 g/mol. The number of hydrogen-bond donors (Lipinski definition) is 0. The van der Waals surface area contributed by atoms with Gasteiger partial charge in [0.25, 0.3) is 0 Å². The molecule has 10 aromatic carbocycles. The zero-order valence-electron chi connectivity index (χ0n) is 30.5. The molecule has 0 aliphatic heterocycles. The van der Waals surface area contributed by atoms with Crippen LogP contribution in [0.5, 0.6) is 0 Å². The van der Waals surface area contributed by atoms with Crippen LogP contribution in [0.25, 0.3) is 110 Å². The largest absolute Gasteiger partial charge is 0.309 e. The highest BCUT2D eigenvalue weighted by atomic mass is 15.0. The van der Waals surface area contributed by atoms with Gasteiger partial charge >= 0.3 is 0 Å². The Labute approximate surface area is 323 Å². The predicted octanol–water partition coefficient (Wildman–Crippen LogP) is 14.7. The maximum Gasteiger partial charge on any atom is 0.0641 e. The number of hydrogen-bond acceptors (Lipinski definition) is 0. The number of para-hydroxylation sites is 2. The number of benzene rings is 10. The minimum Gasteiger partial charge on any atom is -0.309 e. The third-order valence-electron chi connectivity index (χ3n) is 11.9. The molecule has 2 aromatic heterocycles. The van der Waals surface area contributed by atoms with E-state index in [1.807, 2.05) is 0 Å². The second-order valence-electron chi connectivity index (χ2n) is 14.9. The van der Waals surface area contributed by atoms with Gasteiger partial charge < -0.3 is 9.13 Å². The van der Waals surface area contributed by atoms with Gasteiger partial charge in [-0.1, -0.05) is 158 Å². The Morgan fingerprint density at radius 2 is 0.696 bits per heavy atom. The van der Waals surface area contributed by atoms with Crippen LogP contribution in [-0.4, -0.2) is 9.13 Å². The molecule has 56 heavy (non-hydrogen) atoms. The molecule has 0 aliphatic rings. The average Bonchev–Trinajstić information content (AvgIpc) is 3.80. The third kappa shape index (κ3) is 4.50. The van der Waals surface area contributed by atoms with E-state index in [-0.39, 0.29) is 0 Å². The summed E-state index contributed by atoms with van der Waals surface area (Å²) in [4.78, 5) is 0. The van der Waals surface area contributed by atoms with Crippen molar-refractivity contribution in [3.8, 4) is 33.6 Å². The molecule has 0 bridgehead atoms. The van der Waals surface area contributed by atoms with Crippen molar-refractivity contribution in [2.45, 2.75) is 0 Å². The topological polar surface area (TPSA) is 9.86 Å². The Balaban J connectivity index is 1.10. The van der Waals surface area contributed by atoms with Crippen LogP contribution in [0.2, 0.25) is 0 Å². The van der Waals surface area contributed by atoms with Crippen molar-refractivity contribution in [2.24, 2.45) is 0 Å². The second kappa shape index (κ2) is 12.0. The molecule has 0 fully saturated rings. The van der Waals surface area contributed by atoms with Crippen LogP contribution in [0.3, 0.4) is 0 Å². The summed E-state index contributed by atoms with van der Waals surface area (Å²) in [6.45, 7) is 0. The van der Waals surface area contributed by atoms with Crippen molar-refractivity contribution in [2.75, 3.05) is 0 Å². The van der Waals surface area contributed by atoms with Gasteiger partial charge in [-0.05, 0) is 103 Å². The number of aromatic nitrogens is 2. The second-order valence-corrected chi connectivity index (χ2v) is 14.9. The van der Waals surface area contributed by atoms with Crippen LogP contribution in [0.15, 0.2) is 206 Å². The molecule has 12 aromatic rings. The van der Waals surface area contributed by atoms with Gasteiger partial charge in [-0.25, -0.2) is 0 Å². The fourth-order valence-electron chi connectivity index (χ4n) is 9.42. The fraction of sp³-hybridized carbons (Fsp3) is 0. The molecule has 12 rings (SSSR count). The van der Waals surface area contributed by atoms with E-state index in [2.05, 4.69) is 215 Å². The summed E-state index contributed by atoms with van der Waals surface area (Å²) in [6.07, 6.45) is 0. The minimum atomic E-state index is 1.14. The van der Waals surface area contributed by atoms with E-state index >= 15 is 0 Å². The van der Waals surface area contributed by atoms with Gasteiger partial charge in [-0.2, -0.15) is 0 Å². The number of fused-ring (bicyclic) bond motifs is 13. The van der Waals surface area contributed by atoms with Gasteiger partial charge in [0.2, 0.25) is 0 Å². The van der Waals surface area contributed by atoms with Crippen molar-refractivity contribution in [1.82, 2.24) is 9.13 Å². The Morgan fingerprint density at radius 1 is 0.232 bits per heavy atom. The molecule has 2 nitrogen and oxygen atoms in total. The van der Waals surface area contributed by atoms with Gasteiger partial charge in [0.15, 0.2) is 0 Å². The third-order valence-corrected chi connectivity index (χ3v) is 11.9. The predicted molar refractivity (Wildman–Crippen MR) is 239 cm³/mol. The number of rotatable bonds is 4. The molecule has 0 saturated heterocycles. The summed E-state index contributed by atoms with van der Waals surface area (Å²) in [5.41, 5.74) is 11.9. The van der Waals surface area contributed by atoms with Gasteiger partial charge in [-0.15, -0.1) is 0 Å². The number of nitrogens with zero attached hydrogens (tertiary/aromatic N) is 2. The summed E-state index contributed by atoms with van der Waals surface area (Å²) in [7, 11) is 0. The summed E-state index contributed by atoms with van der Waals surface area (Å²) in [5, 5.41) is 12.8. The molecule has 2 heterocycles. The molecule has 0 saturated carbocycles. The first-order valence-electron chi connectivity index (χ1n) is 19.4. The lowest BCUT2D eigenvalue weighted by atomic mass is 9.92. The van der Waals surface area contributed by atoms with Gasteiger partial charge in [0.05, 0.1) is 22.1 Å².